The standard InChI is InChI=1S/C30H25F3N4O4.C25H18F3N3O4.C5H9NO/c31-30(32,33)24-11-20(25-7-3-19(13-35-25)28(39)37-14-29(15-37)16-40-17-29)9-21-10-23(41-27(21)24)6-5-22(38)4-1-18-2-8-26(34)36-12-18;26-25(27,28)20-11-16(21-7-3-15(13-30-21)24(33)34)9-17-10-19(35-23(17)20)6-5-18(32)4-1-14-2-8-22(29)31-12-14;1-5(2-6-1)3-7-4-5/h1-4,7-13H,5-6,14-17H2,(H2,34,36);1-4,7-13H,5-6H2,(H2,29,31)(H,33,34);6H,1-4H2/b2*4-1+;. The van der Waals surface area contributed by atoms with Crippen LogP contribution in [0.4, 0.5) is 38.0 Å². The smallest absolute Gasteiger partial charge is 0.420 e. The van der Waals surface area contributed by atoms with Gasteiger partial charge in [0.2, 0.25) is 0 Å². The van der Waals surface area contributed by atoms with E-state index < -0.39 is 29.4 Å². The zero-order valence-electron chi connectivity index (χ0n) is 44.1. The Balaban J connectivity index is 0.000000167. The fourth-order valence-corrected chi connectivity index (χ4v) is 9.56. The average Bonchev–Trinajstić information content (AvgIpc) is 4.14. The van der Waals surface area contributed by atoms with Crippen molar-refractivity contribution >= 4 is 69.2 Å². The van der Waals surface area contributed by atoms with Gasteiger partial charge in [0.25, 0.3) is 5.91 Å². The minimum Gasteiger partial charge on any atom is -0.478 e. The molecule has 4 saturated heterocycles. The Bertz CT molecular complexity index is 3750. The topological polar surface area (TPSA) is 252 Å². The van der Waals surface area contributed by atoms with E-state index in [1.807, 2.05) is 0 Å². The van der Waals surface area contributed by atoms with Crippen molar-refractivity contribution in [1.29, 1.82) is 0 Å². The van der Waals surface area contributed by atoms with Crippen molar-refractivity contribution in [2.45, 2.75) is 38.0 Å². The van der Waals surface area contributed by atoms with Crippen LogP contribution in [0.25, 0.3) is 56.6 Å². The van der Waals surface area contributed by atoms with Crippen LogP contribution in [0, 0.1) is 10.8 Å². The Kier molecular flexibility index (Phi) is 16.1. The summed E-state index contributed by atoms with van der Waals surface area (Å²) >= 11 is 0. The highest BCUT2D eigenvalue weighted by Gasteiger charge is 2.51. The number of amides is 1. The molecule has 17 nitrogen and oxygen atoms in total. The van der Waals surface area contributed by atoms with Crippen LogP contribution in [-0.4, -0.2) is 106 Å². The molecule has 12 rings (SSSR count). The first-order chi connectivity index (χ1) is 39.6. The van der Waals surface area contributed by atoms with Crippen molar-refractivity contribution in [3.05, 3.63) is 167 Å². The number of alkyl halides is 6. The predicted octanol–water partition coefficient (Wildman–Crippen LogP) is 10.2. The van der Waals surface area contributed by atoms with Crippen LogP contribution in [0.2, 0.25) is 0 Å². The van der Waals surface area contributed by atoms with Crippen molar-refractivity contribution in [1.82, 2.24) is 30.2 Å². The molecule has 8 aromatic rings. The molecule has 6 aromatic heterocycles. The van der Waals surface area contributed by atoms with Crippen LogP contribution in [0.3, 0.4) is 0 Å². The number of nitrogen functional groups attached to an aromatic ring is 2. The molecule has 4 fully saturated rings. The number of aromatic nitrogens is 4. The second-order valence-corrected chi connectivity index (χ2v) is 20.9. The van der Waals surface area contributed by atoms with Gasteiger partial charge in [-0.3, -0.25) is 24.4 Å². The largest absolute Gasteiger partial charge is 0.478 e. The third kappa shape index (κ3) is 13.5. The van der Waals surface area contributed by atoms with Crippen molar-refractivity contribution in [3.63, 3.8) is 0 Å². The van der Waals surface area contributed by atoms with Crippen LogP contribution in [-0.2, 0) is 44.3 Å². The molecule has 4 aliphatic rings. The fraction of sp³-hybridized carbons (Fsp3) is 0.267. The number of allylic oxidation sites excluding steroid dienone is 2. The number of pyridine rings is 4. The number of carbonyl (C=O) groups is 4. The van der Waals surface area contributed by atoms with E-state index in [9.17, 15) is 45.5 Å². The van der Waals surface area contributed by atoms with Gasteiger partial charge in [-0.1, -0.05) is 0 Å². The summed E-state index contributed by atoms with van der Waals surface area (Å²) in [5.74, 6) is -0.597. The first-order valence-corrected chi connectivity index (χ1v) is 26.0. The number of carboxylic acids is 1. The van der Waals surface area contributed by atoms with Crippen LogP contribution in [0.5, 0.6) is 0 Å². The summed E-state index contributed by atoms with van der Waals surface area (Å²) in [6.45, 7) is 6.95. The molecule has 428 valence electrons. The Hall–Kier alpha value is -9.06. The molecule has 0 bridgehead atoms. The number of halogens is 6. The van der Waals surface area contributed by atoms with Crippen molar-refractivity contribution in [2.24, 2.45) is 10.8 Å². The number of nitrogens with zero attached hydrogens (tertiary/aromatic N) is 5. The van der Waals surface area contributed by atoms with E-state index in [1.165, 1.54) is 74.2 Å². The number of aromatic carboxylic acids is 1. The third-order valence-corrected chi connectivity index (χ3v) is 14.3. The first kappa shape index (κ1) is 57.2. The summed E-state index contributed by atoms with van der Waals surface area (Å²) in [6.07, 6.45) is 2.37. The molecule has 4 aliphatic heterocycles. The van der Waals surface area contributed by atoms with Crippen molar-refractivity contribution in [3.8, 4) is 22.5 Å². The third-order valence-electron chi connectivity index (χ3n) is 14.3. The molecule has 2 aromatic carbocycles. The molecule has 23 heteroatoms. The van der Waals surface area contributed by atoms with E-state index >= 15 is 0 Å². The highest BCUT2D eigenvalue weighted by atomic mass is 19.4. The predicted molar refractivity (Wildman–Crippen MR) is 293 cm³/mol. The monoisotopic (exact) mass is 1140 g/mol. The number of carbonyl (C=O) groups excluding carboxylic acids is 3. The molecular weight excluding hydrogens is 1090 g/mol. The van der Waals surface area contributed by atoms with Crippen LogP contribution < -0.4 is 16.8 Å². The Morgan fingerprint density at radius 3 is 1.39 bits per heavy atom. The van der Waals surface area contributed by atoms with Gasteiger partial charge in [0.05, 0.1) is 65.5 Å². The van der Waals surface area contributed by atoms with E-state index in [0.717, 1.165) is 31.5 Å². The highest BCUT2D eigenvalue weighted by molar-refractivity contribution is 5.96. The summed E-state index contributed by atoms with van der Waals surface area (Å²) in [6, 6.07) is 20.3. The fourth-order valence-electron chi connectivity index (χ4n) is 9.56. The summed E-state index contributed by atoms with van der Waals surface area (Å²) < 4.78 is 105. The lowest BCUT2D eigenvalue weighted by Crippen LogP contribution is -2.67. The number of benzene rings is 2. The number of likely N-dealkylation sites (tertiary alicyclic amines) is 1. The van der Waals surface area contributed by atoms with Crippen LogP contribution in [0.15, 0.2) is 131 Å². The lowest BCUT2D eigenvalue weighted by Gasteiger charge is -2.54. The molecule has 6 N–H and O–H groups in total. The molecule has 10 heterocycles. The summed E-state index contributed by atoms with van der Waals surface area (Å²) in [5, 5.41) is 12.7. The van der Waals surface area contributed by atoms with E-state index in [0.29, 0.717) is 65.7 Å². The number of aryl methyl sites for hydroxylation is 2. The maximum atomic E-state index is 14.0. The maximum Gasteiger partial charge on any atom is 0.420 e. The average molecular weight is 1140 g/mol. The SMILES string of the molecule is C1NCC12COC2.Nc1ccc(/C=C/C(=O)CCc2cc3cc(-c4ccc(C(=O)N5CC6(COC6)C5)cn4)cc(C(F)(F)F)c3o2)cn1.Nc1ccc(/C=C/C(=O)CCc2cc3cc(-c4ccc(C(=O)O)cn4)cc(C(F)(F)F)c3o2)cn1. The quantitative estimate of drug-likeness (QED) is 0.0583. The number of ketones is 2. The number of hydrogen-bond donors (Lipinski definition) is 4. The lowest BCUT2D eigenvalue weighted by atomic mass is 9.78. The van der Waals surface area contributed by atoms with E-state index in [1.54, 1.807) is 59.5 Å². The van der Waals surface area contributed by atoms with E-state index in [2.05, 4.69) is 25.3 Å². The number of furan rings is 2. The molecule has 0 radical (unpaired) electrons. The number of carboxylic acid groups (broad SMARTS) is 1. The van der Waals surface area contributed by atoms with Gasteiger partial charge in [0.15, 0.2) is 11.6 Å². The zero-order valence-corrected chi connectivity index (χ0v) is 44.1. The second kappa shape index (κ2) is 23.4. The number of anilines is 2. The van der Waals surface area contributed by atoms with Gasteiger partial charge >= 0.3 is 18.3 Å². The molecule has 0 unspecified atom stereocenters. The summed E-state index contributed by atoms with van der Waals surface area (Å²) in [5.41, 5.74) is 11.7. The van der Waals surface area contributed by atoms with Gasteiger partial charge in [-0.25, -0.2) is 14.8 Å². The lowest BCUT2D eigenvalue weighted by molar-refractivity contribution is -0.176. The molecule has 0 aliphatic carbocycles. The molecule has 2 spiro atoms. The minimum absolute atomic E-state index is 0.0329. The number of nitrogens with one attached hydrogen (secondary N) is 1. The molecular formula is C60H52F6N8O9. The number of rotatable bonds is 14. The van der Waals surface area contributed by atoms with Gasteiger partial charge in [-0.15, -0.1) is 0 Å². The Morgan fingerprint density at radius 1 is 0.590 bits per heavy atom. The van der Waals surface area contributed by atoms with E-state index in [4.69, 9.17) is 34.9 Å². The normalized spacial score (nSPS) is 15.9. The Labute approximate surface area is 469 Å². The molecule has 1 amide bonds. The first-order valence-electron chi connectivity index (χ1n) is 26.0. The van der Waals surface area contributed by atoms with Gasteiger partial charge in [-0.05, 0) is 120 Å². The number of nitrogens with two attached hydrogens (primary N) is 2. The minimum atomic E-state index is -4.70. The van der Waals surface area contributed by atoms with Crippen molar-refractivity contribution < 1.29 is 68.9 Å². The Morgan fingerprint density at radius 2 is 1.05 bits per heavy atom. The van der Waals surface area contributed by atoms with E-state index in [-0.39, 0.29) is 104 Å². The molecule has 0 atom stereocenters. The van der Waals surface area contributed by atoms with Gasteiger partial charge < -0.3 is 45.1 Å². The molecule has 0 saturated carbocycles. The number of ether oxygens (including phenoxy) is 2. The number of fused-ring (bicyclic) bond motifs is 2. The van der Waals surface area contributed by atoms with Gasteiger partial charge in [0.1, 0.15) is 34.3 Å². The zero-order chi connectivity index (χ0) is 58.7. The molecule has 83 heavy (non-hydrogen) atoms. The summed E-state index contributed by atoms with van der Waals surface area (Å²) in [7, 11) is 0. The number of hydrogen-bond acceptors (Lipinski definition) is 15. The highest BCUT2D eigenvalue weighted by Crippen LogP contribution is 2.42. The van der Waals surface area contributed by atoms with Crippen LogP contribution >= 0.6 is 0 Å². The van der Waals surface area contributed by atoms with Crippen molar-refractivity contribution in [2.75, 3.05) is 64.1 Å². The van der Waals surface area contributed by atoms with Gasteiger partial charge in [0, 0.05) is 104 Å². The maximum absolute atomic E-state index is 14.0. The summed E-state index contributed by atoms with van der Waals surface area (Å²) in [4.78, 5) is 66.2. The van der Waals surface area contributed by atoms with Crippen LogP contribution in [0.1, 0.15) is 67.3 Å². The van der Waals surface area contributed by atoms with Gasteiger partial charge in [-0.2, -0.15) is 26.3 Å². The second-order valence-electron chi connectivity index (χ2n) is 20.9.